The van der Waals surface area contributed by atoms with Crippen LogP contribution >= 0.6 is 0 Å². The van der Waals surface area contributed by atoms with E-state index in [1.165, 1.54) is 0 Å². The monoisotopic (exact) mass is 407 g/mol. The number of methoxy groups -OCH3 is 1. The molecule has 1 aromatic heterocycles. The molecular formula is C23H25N3O4. The Hall–Kier alpha value is -3.45. The number of hydrogen-bond donors (Lipinski definition) is 1. The summed E-state index contributed by atoms with van der Waals surface area (Å²) < 4.78 is 11.8. The van der Waals surface area contributed by atoms with Crippen LogP contribution in [-0.2, 0) is 14.3 Å². The number of nitrogens with one attached hydrogen (secondary N) is 1. The number of rotatable bonds is 9. The van der Waals surface area contributed by atoms with Gasteiger partial charge in [0.15, 0.2) is 6.61 Å². The van der Waals surface area contributed by atoms with Gasteiger partial charge in [-0.25, -0.2) is 9.48 Å². The Kier molecular flexibility index (Phi) is 7.34. The molecule has 0 atom stereocenters. The minimum absolute atomic E-state index is 0.301. The van der Waals surface area contributed by atoms with Crippen LogP contribution in [0.4, 0.5) is 0 Å². The summed E-state index contributed by atoms with van der Waals surface area (Å²) in [5.74, 6) is -0.952. The van der Waals surface area contributed by atoms with Gasteiger partial charge in [0.1, 0.15) is 11.3 Å². The average Bonchev–Trinajstić information content (AvgIpc) is 3.22. The lowest BCUT2D eigenvalue weighted by molar-refractivity contribution is -0.124. The summed E-state index contributed by atoms with van der Waals surface area (Å²) in [6.07, 6.45) is 2.32. The molecule has 7 heteroatoms. The molecule has 3 rings (SSSR count). The van der Waals surface area contributed by atoms with Crippen LogP contribution in [0.1, 0.15) is 22.3 Å². The normalized spacial score (nSPS) is 10.6. The quantitative estimate of drug-likeness (QED) is 0.435. The van der Waals surface area contributed by atoms with Crippen LogP contribution in [0.15, 0.2) is 60.8 Å². The molecule has 2 aromatic carbocycles. The second-order valence-electron chi connectivity index (χ2n) is 6.81. The van der Waals surface area contributed by atoms with E-state index in [-0.39, 0.29) is 12.5 Å². The maximum Gasteiger partial charge on any atom is 0.342 e. The van der Waals surface area contributed by atoms with Crippen molar-refractivity contribution in [1.82, 2.24) is 15.1 Å². The van der Waals surface area contributed by atoms with Gasteiger partial charge in [0.05, 0.1) is 5.69 Å². The van der Waals surface area contributed by atoms with Crippen molar-refractivity contribution >= 4 is 11.9 Å². The maximum atomic E-state index is 12.8. The Morgan fingerprint density at radius 2 is 1.80 bits per heavy atom. The Labute approximate surface area is 175 Å². The van der Waals surface area contributed by atoms with Crippen LogP contribution in [-0.4, -0.2) is 48.5 Å². The van der Waals surface area contributed by atoms with Crippen LogP contribution in [0.2, 0.25) is 0 Å². The molecular weight excluding hydrogens is 382 g/mol. The lowest BCUT2D eigenvalue weighted by Gasteiger charge is -2.06. The molecule has 1 heterocycles. The third-order valence-corrected chi connectivity index (χ3v) is 4.46. The van der Waals surface area contributed by atoms with Gasteiger partial charge in [-0.2, -0.15) is 5.10 Å². The first-order chi connectivity index (χ1) is 14.6. The fourth-order valence-electron chi connectivity index (χ4n) is 2.87. The van der Waals surface area contributed by atoms with E-state index in [4.69, 9.17) is 9.47 Å². The predicted octanol–water partition coefficient (Wildman–Crippen LogP) is 3.16. The van der Waals surface area contributed by atoms with Gasteiger partial charge in [0.2, 0.25) is 0 Å². The van der Waals surface area contributed by atoms with E-state index in [0.717, 1.165) is 16.8 Å². The molecule has 156 valence electrons. The zero-order chi connectivity index (χ0) is 21.3. The van der Waals surface area contributed by atoms with Gasteiger partial charge < -0.3 is 14.8 Å². The second kappa shape index (κ2) is 10.4. The van der Waals surface area contributed by atoms with Crippen LogP contribution in [0.3, 0.4) is 0 Å². The molecule has 7 nitrogen and oxygen atoms in total. The number of carbonyl (C=O) groups is 2. The Morgan fingerprint density at radius 3 is 2.50 bits per heavy atom. The Bertz CT molecular complexity index is 981. The number of ether oxygens (including phenoxy) is 2. The number of amides is 1. The number of aryl methyl sites for hydroxylation is 1. The van der Waals surface area contributed by atoms with Gasteiger partial charge in [-0.1, -0.05) is 48.0 Å². The summed E-state index contributed by atoms with van der Waals surface area (Å²) in [6, 6.07) is 17.2. The number of benzene rings is 2. The highest BCUT2D eigenvalue weighted by molar-refractivity contribution is 5.97. The fraction of sp³-hybridized carbons (Fsp3) is 0.261. The molecule has 0 fully saturated rings. The highest BCUT2D eigenvalue weighted by Crippen LogP contribution is 2.25. The number of esters is 1. The molecule has 0 radical (unpaired) electrons. The number of hydrogen-bond acceptors (Lipinski definition) is 5. The first kappa shape index (κ1) is 21.3. The average molecular weight is 407 g/mol. The van der Waals surface area contributed by atoms with Crippen molar-refractivity contribution in [2.45, 2.75) is 13.3 Å². The number of aromatic nitrogens is 2. The van der Waals surface area contributed by atoms with E-state index in [1.54, 1.807) is 18.0 Å². The van der Waals surface area contributed by atoms with E-state index in [9.17, 15) is 9.59 Å². The van der Waals surface area contributed by atoms with E-state index in [2.05, 4.69) is 10.4 Å². The summed E-state index contributed by atoms with van der Waals surface area (Å²) in [5, 5.41) is 7.29. The van der Waals surface area contributed by atoms with Crippen LogP contribution in [0.25, 0.3) is 16.9 Å². The smallest absolute Gasteiger partial charge is 0.342 e. The van der Waals surface area contributed by atoms with Gasteiger partial charge in [0.25, 0.3) is 5.91 Å². The minimum Gasteiger partial charge on any atom is -0.452 e. The molecule has 1 N–H and O–H groups in total. The topological polar surface area (TPSA) is 82.5 Å². The van der Waals surface area contributed by atoms with Crippen LogP contribution in [0, 0.1) is 6.92 Å². The molecule has 1 amide bonds. The summed E-state index contributed by atoms with van der Waals surface area (Å²) in [5.41, 5.74) is 3.53. The van der Waals surface area contributed by atoms with Crippen molar-refractivity contribution in [2.24, 2.45) is 0 Å². The van der Waals surface area contributed by atoms with Crippen LogP contribution < -0.4 is 5.32 Å². The molecule has 0 aliphatic carbocycles. The molecule has 0 aliphatic rings. The largest absolute Gasteiger partial charge is 0.452 e. The van der Waals surface area contributed by atoms with Gasteiger partial charge in [-0.3, -0.25) is 4.79 Å². The number of nitrogens with zero attached hydrogens (tertiary/aromatic N) is 2. The lowest BCUT2D eigenvalue weighted by Crippen LogP contribution is -2.30. The molecule has 0 aliphatic heterocycles. The van der Waals surface area contributed by atoms with E-state index >= 15 is 0 Å². The first-order valence-electron chi connectivity index (χ1n) is 9.73. The summed E-state index contributed by atoms with van der Waals surface area (Å²) in [4.78, 5) is 24.7. The minimum atomic E-state index is -0.597. The fourth-order valence-corrected chi connectivity index (χ4v) is 2.87. The zero-order valence-electron chi connectivity index (χ0n) is 17.1. The third kappa shape index (κ3) is 5.55. The Balaban J connectivity index is 1.78. The van der Waals surface area contributed by atoms with Crippen molar-refractivity contribution in [3.05, 3.63) is 71.9 Å². The molecule has 0 bridgehead atoms. The summed E-state index contributed by atoms with van der Waals surface area (Å²) >= 11 is 0. The van der Waals surface area contributed by atoms with Crippen LogP contribution in [0.5, 0.6) is 0 Å². The number of carbonyl (C=O) groups excluding carboxylic acids is 2. The van der Waals surface area contributed by atoms with Crippen molar-refractivity contribution in [2.75, 3.05) is 26.9 Å². The molecule has 0 spiro atoms. The standard InChI is InChI=1S/C23H25N3O4/c1-17-9-11-18(12-10-17)22-20(15-26(25-22)19-7-4-3-5-8-19)23(28)30-16-21(27)24-13-6-14-29-2/h3-5,7-12,15H,6,13-14,16H2,1-2H3,(H,24,27). The summed E-state index contributed by atoms with van der Waals surface area (Å²) in [7, 11) is 1.60. The summed E-state index contributed by atoms with van der Waals surface area (Å²) in [6.45, 7) is 2.66. The van der Waals surface area contributed by atoms with Gasteiger partial charge >= 0.3 is 5.97 Å². The Morgan fingerprint density at radius 1 is 1.07 bits per heavy atom. The van der Waals surface area contributed by atoms with E-state index < -0.39 is 5.97 Å². The van der Waals surface area contributed by atoms with E-state index in [1.807, 2.05) is 61.5 Å². The molecule has 30 heavy (non-hydrogen) atoms. The molecule has 0 unspecified atom stereocenters. The molecule has 3 aromatic rings. The van der Waals surface area contributed by atoms with Crippen molar-refractivity contribution in [3.63, 3.8) is 0 Å². The van der Waals surface area contributed by atoms with Gasteiger partial charge in [0, 0.05) is 32.0 Å². The second-order valence-corrected chi connectivity index (χ2v) is 6.81. The number of para-hydroxylation sites is 1. The van der Waals surface area contributed by atoms with Gasteiger partial charge in [-0.15, -0.1) is 0 Å². The highest BCUT2D eigenvalue weighted by Gasteiger charge is 2.20. The predicted molar refractivity (Wildman–Crippen MR) is 114 cm³/mol. The van der Waals surface area contributed by atoms with Gasteiger partial charge in [-0.05, 0) is 25.5 Å². The van der Waals surface area contributed by atoms with E-state index in [0.29, 0.717) is 30.8 Å². The zero-order valence-corrected chi connectivity index (χ0v) is 17.1. The SMILES string of the molecule is COCCCNC(=O)COC(=O)c1cn(-c2ccccc2)nc1-c1ccc(C)cc1. The molecule has 0 saturated heterocycles. The lowest BCUT2D eigenvalue weighted by atomic mass is 10.1. The third-order valence-electron chi connectivity index (χ3n) is 4.46. The molecule has 0 saturated carbocycles. The first-order valence-corrected chi connectivity index (χ1v) is 9.73. The van der Waals surface area contributed by atoms with Crippen molar-refractivity contribution in [3.8, 4) is 16.9 Å². The highest BCUT2D eigenvalue weighted by atomic mass is 16.5. The van der Waals surface area contributed by atoms with Crippen molar-refractivity contribution in [1.29, 1.82) is 0 Å². The maximum absolute atomic E-state index is 12.8. The van der Waals surface area contributed by atoms with Crippen molar-refractivity contribution < 1.29 is 19.1 Å².